The van der Waals surface area contributed by atoms with Crippen LogP contribution in [0.3, 0.4) is 0 Å². The van der Waals surface area contributed by atoms with E-state index in [0.717, 1.165) is 24.1 Å². The molecule has 1 saturated carbocycles. The summed E-state index contributed by atoms with van der Waals surface area (Å²) in [7, 11) is -1.89. The smallest absolute Gasteiger partial charge is 0.192 e. The molecule has 0 saturated heterocycles. The van der Waals surface area contributed by atoms with Crippen LogP contribution < -0.4 is 0 Å². The van der Waals surface area contributed by atoms with Gasteiger partial charge in [0.2, 0.25) is 0 Å². The lowest BCUT2D eigenvalue weighted by molar-refractivity contribution is 0.0293. The Kier molecular flexibility index (Phi) is 5.93. The van der Waals surface area contributed by atoms with Gasteiger partial charge in [0.15, 0.2) is 8.32 Å². The molecule has 1 N–H and O–H groups in total. The van der Waals surface area contributed by atoms with Crippen molar-refractivity contribution in [1.29, 1.82) is 0 Å². The molecule has 1 spiro atoms. The molecule has 1 aromatic rings. The maximum absolute atomic E-state index is 10.1. The van der Waals surface area contributed by atoms with Crippen LogP contribution in [0.25, 0.3) is 0 Å². The van der Waals surface area contributed by atoms with Crippen LogP contribution in [-0.2, 0) is 17.5 Å². The predicted octanol–water partition coefficient (Wildman–Crippen LogP) is 6.48. The second-order valence-corrected chi connectivity index (χ2v) is 16.4. The lowest BCUT2D eigenvalue weighted by atomic mass is 9.60. The minimum absolute atomic E-state index is 0.0595. The molecule has 2 aliphatic carbocycles. The third-order valence-corrected chi connectivity index (χ3v) is 12.9. The summed E-state index contributed by atoms with van der Waals surface area (Å²) in [6.45, 7) is 16.1. The van der Waals surface area contributed by atoms with Crippen LogP contribution in [0.5, 0.6) is 0 Å². The normalized spacial score (nSPS) is 22.1. The molecule has 0 radical (unpaired) electrons. The van der Waals surface area contributed by atoms with Crippen molar-refractivity contribution in [3.8, 4) is 0 Å². The van der Waals surface area contributed by atoms with E-state index < -0.39 is 8.32 Å². The lowest BCUT2D eigenvalue weighted by Crippen LogP contribution is -2.46. The summed E-state index contributed by atoms with van der Waals surface area (Å²) in [5, 5.41) is 10.3. The van der Waals surface area contributed by atoms with Crippen LogP contribution in [0.2, 0.25) is 18.1 Å². The number of pyridine rings is 1. The number of fused-ring (bicyclic) bond motifs is 1. The molecule has 2 aliphatic rings. The van der Waals surface area contributed by atoms with Crippen LogP contribution in [0.4, 0.5) is 0 Å². The first-order valence-corrected chi connectivity index (χ1v) is 14.4. The summed E-state index contributed by atoms with van der Waals surface area (Å²) >= 11 is 2.45. The highest BCUT2D eigenvalue weighted by Gasteiger charge is 2.48. The van der Waals surface area contributed by atoms with Crippen molar-refractivity contribution < 1.29 is 9.53 Å². The van der Waals surface area contributed by atoms with E-state index in [-0.39, 0.29) is 17.7 Å². The molecule has 1 atom stereocenters. The maximum Gasteiger partial charge on any atom is 0.192 e. The second-order valence-electron chi connectivity index (χ2n) is 10.6. The molecule has 1 heterocycles. The Bertz CT molecular complexity index is 720. The maximum atomic E-state index is 10.1. The van der Waals surface area contributed by atoms with E-state index in [1.807, 2.05) is 0 Å². The van der Waals surface area contributed by atoms with Crippen LogP contribution in [0.15, 0.2) is 0 Å². The van der Waals surface area contributed by atoms with E-state index in [1.54, 1.807) is 0 Å². The Hall–Kier alpha value is 0.0169. The van der Waals surface area contributed by atoms with Crippen molar-refractivity contribution >= 4 is 30.9 Å². The zero-order chi connectivity index (χ0) is 20.2. The monoisotopic (exact) mass is 501 g/mol. The van der Waals surface area contributed by atoms with Gasteiger partial charge in [-0.3, -0.25) is 4.98 Å². The van der Waals surface area contributed by atoms with Gasteiger partial charge in [0, 0.05) is 26.1 Å². The highest BCUT2D eigenvalue weighted by Crippen LogP contribution is 2.56. The van der Waals surface area contributed by atoms with Crippen LogP contribution in [0, 0.1) is 8.99 Å². The molecule has 1 unspecified atom stereocenters. The van der Waals surface area contributed by atoms with Crippen molar-refractivity contribution in [2.45, 2.75) is 103 Å². The molecule has 3 rings (SSSR count). The minimum atomic E-state index is -1.89. The van der Waals surface area contributed by atoms with Crippen molar-refractivity contribution in [2.24, 2.45) is 5.41 Å². The Morgan fingerprint density at radius 1 is 1.30 bits per heavy atom. The van der Waals surface area contributed by atoms with Crippen molar-refractivity contribution in [1.82, 2.24) is 4.98 Å². The highest BCUT2D eigenvalue weighted by molar-refractivity contribution is 14.1. The van der Waals surface area contributed by atoms with E-state index in [2.05, 4.69) is 70.3 Å². The Balaban J connectivity index is 2.11. The summed E-state index contributed by atoms with van der Waals surface area (Å²) in [6, 6.07) is 0. The van der Waals surface area contributed by atoms with Gasteiger partial charge in [0.1, 0.15) is 0 Å². The molecule has 0 amide bonds. The topological polar surface area (TPSA) is 42.4 Å². The minimum Gasteiger partial charge on any atom is -0.410 e. The summed E-state index contributed by atoms with van der Waals surface area (Å²) < 4.78 is 8.19. The fraction of sp³-hybridized carbons (Fsp3) is 0.773. The van der Waals surface area contributed by atoms with Gasteiger partial charge in [-0.2, -0.15) is 0 Å². The number of hydrogen-bond acceptors (Lipinski definition) is 3. The summed E-state index contributed by atoms with van der Waals surface area (Å²) in [6.07, 6.45) is 6.28. The van der Waals surface area contributed by atoms with E-state index in [1.165, 1.54) is 34.1 Å². The van der Waals surface area contributed by atoms with Crippen LogP contribution >= 0.6 is 22.6 Å². The van der Waals surface area contributed by atoms with E-state index in [9.17, 15) is 5.11 Å². The van der Waals surface area contributed by atoms with Gasteiger partial charge in [0.05, 0.1) is 12.7 Å². The first-order chi connectivity index (χ1) is 12.4. The number of aliphatic hydroxyl groups excluding tert-OH is 1. The average Bonchev–Trinajstić information content (AvgIpc) is 2.50. The summed E-state index contributed by atoms with van der Waals surface area (Å²) in [5.74, 6) is 0.324. The first-order valence-electron chi connectivity index (χ1n) is 10.4. The largest absolute Gasteiger partial charge is 0.410 e. The lowest BCUT2D eigenvalue weighted by Gasteiger charge is -2.50. The van der Waals surface area contributed by atoms with Gasteiger partial charge < -0.3 is 9.53 Å². The fourth-order valence-corrected chi connectivity index (χ4v) is 6.75. The summed E-state index contributed by atoms with van der Waals surface area (Å²) in [4.78, 5) is 5.13. The fourth-order valence-electron chi connectivity index (χ4n) is 4.38. The Morgan fingerprint density at radius 2 is 1.93 bits per heavy atom. The molecule has 152 valence electrons. The van der Waals surface area contributed by atoms with Gasteiger partial charge in [-0.05, 0) is 77.7 Å². The van der Waals surface area contributed by atoms with E-state index in [4.69, 9.17) is 9.41 Å². The SMILES string of the molecule is CC(C)c1nc2c(c(I)c1CO)C(O[Si](C)(C)C(C)(C)C)CC1(CCC1)C2. The average molecular weight is 502 g/mol. The third kappa shape index (κ3) is 3.90. The standard InChI is InChI=1S/C22H36INO2Si/c1-14(2)20-15(13-25)19(23)18-16(24-20)11-22(9-8-10-22)12-17(18)26-27(6,7)21(3,4)5/h14,17,25H,8-13H2,1-7H3. The molecule has 1 aromatic heterocycles. The second kappa shape index (κ2) is 7.37. The highest BCUT2D eigenvalue weighted by atomic mass is 127. The van der Waals surface area contributed by atoms with E-state index >= 15 is 0 Å². The van der Waals surface area contributed by atoms with Gasteiger partial charge in [-0.25, -0.2) is 0 Å². The quantitative estimate of drug-likeness (QED) is 0.379. The number of hydrogen-bond donors (Lipinski definition) is 1. The number of rotatable bonds is 4. The molecule has 0 aliphatic heterocycles. The third-order valence-electron chi connectivity index (χ3n) is 7.22. The van der Waals surface area contributed by atoms with Gasteiger partial charge in [0.25, 0.3) is 0 Å². The molecule has 5 heteroatoms. The van der Waals surface area contributed by atoms with Crippen molar-refractivity contribution in [3.05, 3.63) is 26.1 Å². The number of aromatic nitrogens is 1. The van der Waals surface area contributed by atoms with Gasteiger partial charge in [-0.1, -0.05) is 41.0 Å². The zero-order valence-electron chi connectivity index (χ0n) is 18.1. The first kappa shape index (κ1) is 21.7. The Morgan fingerprint density at radius 3 is 2.37 bits per heavy atom. The molecule has 1 fully saturated rings. The molecular weight excluding hydrogens is 465 g/mol. The van der Waals surface area contributed by atoms with Crippen molar-refractivity contribution in [3.63, 3.8) is 0 Å². The number of aliphatic hydroxyl groups is 1. The van der Waals surface area contributed by atoms with Crippen LogP contribution in [0.1, 0.15) is 94.8 Å². The molecule has 0 bridgehead atoms. The molecule has 27 heavy (non-hydrogen) atoms. The Labute approximate surface area is 180 Å². The molecule has 3 nitrogen and oxygen atoms in total. The van der Waals surface area contributed by atoms with Crippen molar-refractivity contribution in [2.75, 3.05) is 0 Å². The molecule has 0 aromatic carbocycles. The van der Waals surface area contributed by atoms with E-state index in [0.29, 0.717) is 11.3 Å². The number of nitrogens with zero attached hydrogens (tertiary/aromatic N) is 1. The number of halogens is 1. The molecular formula is C22H36INO2Si. The zero-order valence-corrected chi connectivity index (χ0v) is 21.2. The summed E-state index contributed by atoms with van der Waals surface area (Å²) in [5.41, 5.74) is 5.01. The van der Waals surface area contributed by atoms with Gasteiger partial charge in [-0.15, -0.1) is 0 Å². The predicted molar refractivity (Wildman–Crippen MR) is 123 cm³/mol. The van der Waals surface area contributed by atoms with Gasteiger partial charge >= 0.3 is 0 Å². The van der Waals surface area contributed by atoms with Crippen LogP contribution in [-0.4, -0.2) is 18.4 Å².